The summed E-state index contributed by atoms with van der Waals surface area (Å²) in [5, 5.41) is 8.98. The van der Waals surface area contributed by atoms with Crippen molar-refractivity contribution in [1.82, 2.24) is 0 Å². The Morgan fingerprint density at radius 3 is 1.74 bits per heavy atom. The largest absolute Gasteiger partial charge is 1.00 e. The third-order valence-electron chi connectivity index (χ3n) is 4.19. The van der Waals surface area contributed by atoms with Crippen molar-refractivity contribution in [3.05, 3.63) is 0 Å². The molecule has 0 fully saturated rings. The zero-order valence-electron chi connectivity index (χ0n) is 15.4. The van der Waals surface area contributed by atoms with Gasteiger partial charge in [-0.05, 0) is 19.3 Å². The van der Waals surface area contributed by atoms with E-state index in [1.807, 2.05) is 6.92 Å². The normalized spacial score (nSPS) is 14.3. The standard InChI is InChI=1S/C17H36O4S.Na/c1-3-5-6-7-8-9-10-11-12-14-16(18)15-17(13-4-2)22(19,20)21;/h16-18H,3-15H2,1-2H3,(H,19,20,21);/q;+1/p-1. The van der Waals surface area contributed by atoms with Crippen LogP contribution in [0.5, 0.6) is 0 Å². The van der Waals surface area contributed by atoms with E-state index in [0.29, 0.717) is 19.3 Å². The van der Waals surface area contributed by atoms with Gasteiger partial charge in [0.05, 0.1) is 21.5 Å². The van der Waals surface area contributed by atoms with E-state index in [1.165, 1.54) is 44.9 Å². The molecule has 134 valence electrons. The molecule has 0 aromatic heterocycles. The Labute approximate surface area is 165 Å². The minimum atomic E-state index is -4.28. The summed E-state index contributed by atoms with van der Waals surface area (Å²) in [6.07, 6.45) is 12.0. The third kappa shape index (κ3) is 16.1. The van der Waals surface area contributed by atoms with Crippen molar-refractivity contribution in [2.75, 3.05) is 0 Å². The van der Waals surface area contributed by atoms with Crippen LogP contribution in [-0.4, -0.2) is 29.4 Å². The van der Waals surface area contributed by atoms with Gasteiger partial charge in [-0.2, -0.15) is 0 Å². The van der Waals surface area contributed by atoms with Gasteiger partial charge in [0, 0.05) is 0 Å². The summed E-state index contributed by atoms with van der Waals surface area (Å²) in [6.45, 7) is 4.07. The van der Waals surface area contributed by atoms with Gasteiger partial charge in [0.15, 0.2) is 0 Å². The molecule has 4 nitrogen and oxygen atoms in total. The fraction of sp³-hybridized carbons (Fsp3) is 1.00. The zero-order valence-corrected chi connectivity index (χ0v) is 18.2. The van der Waals surface area contributed by atoms with E-state index in [1.54, 1.807) is 0 Å². The second-order valence-electron chi connectivity index (χ2n) is 6.41. The third-order valence-corrected chi connectivity index (χ3v) is 5.44. The molecule has 0 saturated carbocycles. The molecule has 23 heavy (non-hydrogen) atoms. The summed E-state index contributed by atoms with van der Waals surface area (Å²) in [6, 6.07) is 0. The molecule has 1 N–H and O–H groups in total. The molecule has 0 aromatic rings. The first-order chi connectivity index (χ1) is 10.4. The first-order valence-corrected chi connectivity index (χ1v) is 10.5. The summed E-state index contributed by atoms with van der Waals surface area (Å²) in [5.41, 5.74) is 0. The van der Waals surface area contributed by atoms with Crippen molar-refractivity contribution in [2.24, 2.45) is 0 Å². The Morgan fingerprint density at radius 2 is 1.30 bits per heavy atom. The van der Waals surface area contributed by atoms with Gasteiger partial charge < -0.3 is 9.66 Å². The quantitative estimate of drug-likeness (QED) is 0.272. The van der Waals surface area contributed by atoms with Gasteiger partial charge in [-0.3, -0.25) is 0 Å². The number of aliphatic hydroxyl groups excluding tert-OH is 1. The molecule has 0 bridgehead atoms. The van der Waals surface area contributed by atoms with Crippen LogP contribution >= 0.6 is 0 Å². The van der Waals surface area contributed by atoms with Crippen LogP contribution in [0.15, 0.2) is 0 Å². The molecule has 0 saturated heterocycles. The van der Waals surface area contributed by atoms with Gasteiger partial charge in [0.25, 0.3) is 0 Å². The van der Waals surface area contributed by atoms with Crippen molar-refractivity contribution in [2.45, 2.75) is 109 Å². The summed E-state index contributed by atoms with van der Waals surface area (Å²) in [4.78, 5) is 0. The van der Waals surface area contributed by atoms with E-state index in [0.717, 1.165) is 12.8 Å². The van der Waals surface area contributed by atoms with Crippen LogP contribution < -0.4 is 29.6 Å². The van der Waals surface area contributed by atoms with Crippen LogP contribution in [-0.2, 0) is 10.1 Å². The fourth-order valence-corrected chi connectivity index (χ4v) is 3.80. The summed E-state index contributed by atoms with van der Waals surface area (Å²) < 4.78 is 33.3. The number of hydrogen-bond acceptors (Lipinski definition) is 4. The molecule has 0 spiro atoms. The van der Waals surface area contributed by atoms with Crippen molar-refractivity contribution in [3.8, 4) is 0 Å². The Balaban J connectivity index is 0. The Kier molecular flexibility index (Phi) is 18.5. The SMILES string of the molecule is CCCCCCCCCCCC(O)CC(CCC)S(=O)(=O)[O-].[Na+]. The number of unbranched alkanes of at least 4 members (excludes halogenated alkanes) is 8. The molecule has 0 aliphatic carbocycles. The smallest absolute Gasteiger partial charge is 0.748 e. The second kappa shape index (κ2) is 16.3. The summed E-state index contributed by atoms with van der Waals surface area (Å²) in [5.74, 6) is 0. The maximum absolute atomic E-state index is 11.1. The predicted molar refractivity (Wildman–Crippen MR) is 90.9 cm³/mol. The maximum atomic E-state index is 11.1. The van der Waals surface area contributed by atoms with E-state index in [-0.39, 0.29) is 36.0 Å². The van der Waals surface area contributed by atoms with Crippen LogP contribution in [0.4, 0.5) is 0 Å². The van der Waals surface area contributed by atoms with Gasteiger partial charge in [-0.25, -0.2) is 8.42 Å². The number of aliphatic hydroxyl groups is 1. The molecular formula is C17H35NaO4S. The summed E-state index contributed by atoms with van der Waals surface area (Å²) >= 11 is 0. The van der Waals surface area contributed by atoms with E-state index in [2.05, 4.69) is 6.92 Å². The molecule has 2 atom stereocenters. The molecule has 0 aromatic carbocycles. The van der Waals surface area contributed by atoms with E-state index in [9.17, 15) is 18.1 Å². The average Bonchev–Trinajstić information content (AvgIpc) is 2.44. The molecule has 0 heterocycles. The van der Waals surface area contributed by atoms with E-state index >= 15 is 0 Å². The zero-order chi connectivity index (χ0) is 16.8. The molecule has 0 aliphatic rings. The van der Waals surface area contributed by atoms with Crippen LogP contribution in [0, 0.1) is 0 Å². The average molecular weight is 359 g/mol. The first-order valence-electron chi connectivity index (χ1n) is 9.04. The predicted octanol–water partition coefficient (Wildman–Crippen LogP) is 1.38. The van der Waals surface area contributed by atoms with Crippen molar-refractivity contribution in [1.29, 1.82) is 0 Å². The molecule has 2 unspecified atom stereocenters. The maximum Gasteiger partial charge on any atom is 1.00 e. The Morgan fingerprint density at radius 1 is 0.826 bits per heavy atom. The summed E-state index contributed by atoms with van der Waals surface area (Å²) in [7, 11) is -4.28. The van der Waals surface area contributed by atoms with E-state index < -0.39 is 21.5 Å². The molecule has 0 rings (SSSR count). The van der Waals surface area contributed by atoms with Gasteiger partial charge >= 0.3 is 29.6 Å². The fourth-order valence-electron chi connectivity index (χ4n) is 2.81. The molecular weight excluding hydrogens is 323 g/mol. The minimum Gasteiger partial charge on any atom is -0.748 e. The van der Waals surface area contributed by atoms with Crippen LogP contribution in [0.25, 0.3) is 0 Å². The molecule has 6 heteroatoms. The van der Waals surface area contributed by atoms with Gasteiger partial charge in [-0.15, -0.1) is 0 Å². The topological polar surface area (TPSA) is 77.4 Å². The van der Waals surface area contributed by atoms with Crippen LogP contribution in [0.3, 0.4) is 0 Å². The Bertz CT molecular complexity index is 347. The van der Waals surface area contributed by atoms with Crippen LogP contribution in [0.2, 0.25) is 0 Å². The van der Waals surface area contributed by atoms with Crippen molar-refractivity contribution in [3.63, 3.8) is 0 Å². The van der Waals surface area contributed by atoms with Gasteiger partial charge in [0.2, 0.25) is 0 Å². The van der Waals surface area contributed by atoms with Crippen LogP contribution in [0.1, 0.15) is 97.3 Å². The molecule has 0 radical (unpaired) electrons. The second-order valence-corrected chi connectivity index (χ2v) is 8.06. The molecule has 0 aliphatic heterocycles. The number of rotatable bonds is 15. The van der Waals surface area contributed by atoms with Gasteiger partial charge in [0.1, 0.15) is 0 Å². The minimum absolute atomic E-state index is 0. The van der Waals surface area contributed by atoms with Crippen molar-refractivity contribution >= 4 is 10.1 Å². The monoisotopic (exact) mass is 358 g/mol. The first kappa shape index (κ1) is 26.1. The van der Waals surface area contributed by atoms with E-state index in [4.69, 9.17) is 0 Å². The Hall–Kier alpha value is 0.870. The van der Waals surface area contributed by atoms with Gasteiger partial charge in [-0.1, -0.05) is 78.1 Å². The molecule has 0 amide bonds. The van der Waals surface area contributed by atoms with Crippen molar-refractivity contribution < 1.29 is 47.6 Å². The number of hydrogen-bond donors (Lipinski definition) is 1.